The summed E-state index contributed by atoms with van der Waals surface area (Å²) in [6, 6.07) is 15.8. The van der Waals surface area contributed by atoms with E-state index in [1.807, 2.05) is 30.3 Å². The van der Waals surface area contributed by atoms with Gasteiger partial charge in [0.25, 0.3) is 5.91 Å². The minimum atomic E-state index is -0.133. The number of anilines is 2. The monoisotopic (exact) mass is 378 g/mol. The third-order valence-electron chi connectivity index (χ3n) is 5.87. The van der Waals surface area contributed by atoms with E-state index in [-0.39, 0.29) is 5.91 Å². The second-order valence-electron chi connectivity index (χ2n) is 8.26. The van der Waals surface area contributed by atoms with Crippen molar-refractivity contribution in [2.45, 2.75) is 32.4 Å². The van der Waals surface area contributed by atoms with Crippen molar-refractivity contribution in [1.82, 2.24) is 9.80 Å². The van der Waals surface area contributed by atoms with Crippen LogP contribution in [0.4, 0.5) is 11.4 Å². The van der Waals surface area contributed by atoms with E-state index in [0.29, 0.717) is 23.0 Å². The summed E-state index contributed by atoms with van der Waals surface area (Å²) in [4.78, 5) is 17.6. The van der Waals surface area contributed by atoms with Crippen LogP contribution < -0.4 is 11.1 Å². The van der Waals surface area contributed by atoms with E-state index in [9.17, 15) is 4.79 Å². The van der Waals surface area contributed by atoms with Crippen LogP contribution in [-0.2, 0) is 6.54 Å². The van der Waals surface area contributed by atoms with E-state index in [0.717, 1.165) is 25.6 Å². The number of carbonyl (C=O) groups excluding carboxylic acids is 1. The minimum Gasteiger partial charge on any atom is -0.397 e. The lowest BCUT2D eigenvalue weighted by Gasteiger charge is -2.40. The van der Waals surface area contributed by atoms with Gasteiger partial charge in [0.2, 0.25) is 0 Å². The van der Waals surface area contributed by atoms with Crippen LogP contribution in [0.2, 0.25) is 0 Å². The summed E-state index contributed by atoms with van der Waals surface area (Å²) in [5.74, 6) is 0.829. The van der Waals surface area contributed by atoms with E-state index < -0.39 is 0 Å². The van der Waals surface area contributed by atoms with Crippen LogP contribution >= 0.6 is 0 Å². The number of nitrogens with two attached hydrogens (primary N) is 1. The van der Waals surface area contributed by atoms with Gasteiger partial charge in [-0.1, -0.05) is 24.3 Å². The average Bonchev–Trinajstić information content (AvgIpc) is 3.50. The van der Waals surface area contributed by atoms with Gasteiger partial charge in [-0.3, -0.25) is 9.69 Å². The third-order valence-corrected chi connectivity index (χ3v) is 5.87. The zero-order chi connectivity index (χ0) is 19.5. The number of nitrogens with zero attached hydrogens (tertiary/aromatic N) is 2. The molecule has 5 nitrogen and oxygen atoms in total. The van der Waals surface area contributed by atoms with E-state index >= 15 is 0 Å². The molecule has 1 atom stereocenters. The third kappa shape index (κ3) is 4.72. The van der Waals surface area contributed by atoms with Crippen molar-refractivity contribution >= 4 is 17.3 Å². The molecule has 1 aliphatic carbocycles. The van der Waals surface area contributed by atoms with Gasteiger partial charge < -0.3 is 16.0 Å². The van der Waals surface area contributed by atoms with Gasteiger partial charge in [0.1, 0.15) is 0 Å². The van der Waals surface area contributed by atoms with Gasteiger partial charge in [0, 0.05) is 44.3 Å². The SMILES string of the molecule is CC1CN(CC2CC2)CCN1Cc1ccc(C(=O)Nc2ccccc2N)cc1. The molecule has 0 spiro atoms. The van der Waals surface area contributed by atoms with Crippen LogP contribution in [0.5, 0.6) is 0 Å². The predicted octanol–water partition coefficient (Wildman–Crippen LogP) is 3.44. The summed E-state index contributed by atoms with van der Waals surface area (Å²) < 4.78 is 0. The Bertz CT molecular complexity index is 816. The van der Waals surface area contributed by atoms with Crippen LogP contribution in [0.3, 0.4) is 0 Å². The quantitative estimate of drug-likeness (QED) is 0.756. The molecule has 1 saturated carbocycles. The molecule has 0 bridgehead atoms. The highest BCUT2D eigenvalue weighted by atomic mass is 16.1. The minimum absolute atomic E-state index is 0.133. The van der Waals surface area contributed by atoms with Gasteiger partial charge >= 0.3 is 0 Å². The molecule has 5 heteroatoms. The van der Waals surface area contributed by atoms with Crippen molar-refractivity contribution in [2.75, 3.05) is 37.2 Å². The topological polar surface area (TPSA) is 61.6 Å². The smallest absolute Gasteiger partial charge is 0.255 e. The Morgan fingerprint density at radius 3 is 2.54 bits per heavy atom. The predicted molar refractivity (Wildman–Crippen MR) is 114 cm³/mol. The average molecular weight is 379 g/mol. The molecule has 0 aromatic heterocycles. The first-order chi connectivity index (χ1) is 13.6. The number of hydrogen-bond acceptors (Lipinski definition) is 4. The number of rotatable bonds is 6. The van der Waals surface area contributed by atoms with Crippen LogP contribution in [-0.4, -0.2) is 47.9 Å². The number of hydrogen-bond donors (Lipinski definition) is 2. The molecule has 28 heavy (non-hydrogen) atoms. The second kappa shape index (κ2) is 8.33. The van der Waals surface area contributed by atoms with Crippen molar-refractivity contribution in [2.24, 2.45) is 5.92 Å². The molecule has 2 aliphatic rings. The largest absolute Gasteiger partial charge is 0.397 e. The van der Waals surface area contributed by atoms with Crippen LogP contribution in [0.25, 0.3) is 0 Å². The van der Waals surface area contributed by atoms with Gasteiger partial charge in [-0.2, -0.15) is 0 Å². The highest BCUT2D eigenvalue weighted by molar-refractivity contribution is 6.05. The van der Waals surface area contributed by atoms with Crippen molar-refractivity contribution in [3.63, 3.8) is 0 Å². The Labute approximate surface area is 167 Å². The zero-order valence-electron chi connectivity index (χ0n) is 16.6. The van der Waals surface area contributed by atoms with Gasteiger partial charge in [0.05, 0.1) is 11.4 Å². The fourth-order valence-corrected chi connectivity index (χ4v) is 3.94. The molecular weight excluding hydrogens is 348 g/mol. The van der Waals surface area contributed by atoms with Gasteiger partial charge in [-0.05, 0) is 55.5 Å². The molecule has 1 heterocycles. The van der Waals surface area contributed by atoms with Gasteiger partial charge in [-0.15, -0.1) is 0 Å². The lowest BCUT2D eigenvalue weighted by molar-refractivity contribution is 0.0749. The van der Waals surface area contributed by atoms with Crippen molar-refractivity contribution in [3.8, 4) is 0 Å². The maximum Gasteiger partial charge on any atom is 0.255 e. The summed E-state index contributed by atoms with van der Waals surface area (Å²) >= 11 is 0. The fraction of sp³-hybridized carbons (Fsp3) is 0.435. The fourth-order valence-electron chi connectivity index (χ4n) is 3.94. The normalized spacial score (nSPS) is 20.8. The molecule has 0 radical (unpaired) electrons. The molecular formula is C23H30N4O. The first kappa shape index (κ1) is 19.0. The van der Waals surface area contributed by atoms with Gasteiger partial charge in [-0.25, -0.2) is 0 Å². The lowest BCUT2D eigenvalue weighted by atomic mass is 10.1. The number of amides is 1. The molecule has 2 aromatic carbocycles. The number of benzene rings is 2. The number of nitrogens with one attached hydrogen (secondary N) is 1. The van der Waals surface area contributed by atoms with E-state index in [1.165, 1.54) is 31.5 Å². The molecule has 1 aliphatic heterocycles. The summed E-state index contributed by atoms with van der Waals surface area (Å²) in [7, 11) is 0. The highest BCUT2D eigenvalue weighted by Gasteiger charge is 2.29. The standard InChI is InChI=1S/C23H30N4O/c1-17-14-26(15-18-6-7-18)12-13-27(17)16-19-8-10-20(11-9-19)23(28)25-22-5-3-2-4-21(22)24/h2-5,8-11,17-18H,6-7,12-16,24H2,1H3,(H,25,28). The zero-order valence-corrected chi connectivity index (χ0v) is 16.6. The molecule has 4 rings (SSSR count). The number of piperazine rings is 1. The Hall–Kier alpha value is -2.37. The van der Waals surface area contributed by atoms with Crippen LogP contribution in [0, 0.1) is 5.92 Å². The summed E-state index contributed by atoms with van der Waals surface area (Å²) in [5.41, 5.74) is 9.02. The maximum atomic E-state index is 12.5. The molecule has 148 valence electrons. The van der Waals surface area contributed by atoms with Crippen LogP contribution in [0.15, 0.2) is 48.5 Å². The molecule has 1 amide bonds. The molecule has 3 N–H and O–H groups in total. The van der Waals surface area contributed by atoms with Crippen molar-refractivity contribution < 1.29 is 4.79 Å². The first-order valence-electron chi connectivity index (χ1n) is 10.3. The van der Waals surface area contributed by atoms with Crippen molar-refractivity contribution in [3.05, 3.63) is 59.7 Å². The maximum absolute atomic E-state index is 12.5. The number of carbonyl (C=O) groups is 1. The highest BCUT2D eigenvalue weighted by Crippen LogP contribution is 2.30. The Morgan fingerprint density at radius 2 is 1.86 bits per heavy atom. The van der Waals surface area contributed by atoms with E-state index in [1.54, 1.807) is 6.07 Å². The van der Waals surface area contributed by atoms with Crippen molar-refractivity contribution in [1.29, 1.82) is 0 Å². The lowest BCUT2D eigenvalue weighted by Crippen LogP contribution is -2.51. The van der Waals surface area contributed by atoms with E-state index in [2.05, 4.69) is 34.2 Å². The van der Waals surface area contributed by atoms with E-state index in [4.69, 9.17) is 5.73 Å². The first-order valence-corrected chi connectivity index (χ1v) is 10.3. The van der Waals surface area contributed by atoms with Crippen LogP contribution in [0.1, 0.15) is 35.7 Å². The Balaban J connectivity index is 1.32. The Morgan fingerprint density at radius 1 is 1.11 bits per heavy atom. The summed E-state index contributed by atoms with van der Waals surface area (Å²) in [6.45, 7) is 7.99. The Kier molecular flexibility index (Phi) is 5.64. The summed E-state index contributed by atoms with van der Waals surface area (Å²) in [5, 5.41) is 2.88. The second-order valence-corrected chi connectivity index (χ2v) is 8.26. The van der Waals surface area contributed by atoms with Gasteiger partial charge in [0.15, 0.2) is 0 Å². The molecule has 1 unspecified atom stereocenters. The summed E-state index contributed by atoms with van der Waals surface area (Å²) in [6.07, 6.45) is 2.84. The molecule has 2 aromatic rings. The number of para-hydroxylation sites is 2. The molecule has 1 saturated heterocycles. The number of nitrogen functional groups attached to an aromatic ring is 1. The molecule has 2 fully saturated rings.